The van der Waals surface area contributed by atoms with Crippen molar-refractivity contribution >= 4 is 28.0 Å². The van der Waals surface area contributed by atoms with Gasteiger partial charge in [-0.05, 0) is 17.7 Å². The molecule has 1 N–H and O–H groups in total. The molecule has 0 aliphatic heterocycles. The smallest absolute Gasteiger partial charge is 0.417 e. The molecule has 0 bridgehead atoms. The molecule has 1 aromatic carbocycles. The van der Waals surface area contributed by atoms with Crippen molar-refractivity contribution in [2.75, 3.05) is 0 Å². The maximum atomic E-state index is 12.6. The van der Waals surface area contributed by atoms with Crippen molar-refractivity contribution < 1.29 is 23.1 Å². The Hall–Kier alpha value is -1.30. The van der Waals surface area contributed by atoms with Crippen LogP contribution in [0.2, 0.25) is 0 Å². The fourth-order valence-corrected chi connectivity index (χ4v) is 1.57. The Kier molecular flexibility index (Phi) is 4.34. The second-order valence-corrected chi connectivity index (χ2v) is 4.15. The van der Waals surface area contributed by atoms with Gasteiger partial charge in [-0.15, -0.1) is 0 Å². The molecule has 92 valence electrons. The number of aliphatic carboxylic acids is 1. The Morgan fingerprint density at radius 2 is 2.06 bits per heavy atom. The minimum Gasteiger partial charge on any atom is -0.481 e. The van der Waals surface area contributed by atoms with Crippen molar-refractivity contribution in [1.82, 2.24) is 0 Å². The van der Waals surface area contributed by atoms with Gasteiger partial charge in [0, 0.05) is 4.47 Å². The molecule has 0 amide bonds. The molecule has 0 aliphatic rings. The number of alkyl halides is 3. The first-order valence-corrected chi connectivity index (χ1v) is 5.35. The summed E-state index contributed by atoms with van der Waals surface area (Å²) in [6, 6.07) is 3.71. The van der Waals surface area contributed by atoms with Crippen LogP contribution in [-0.2, 0) is 11.0 Å². The molecular weight excluding hydrogens is 301 g/mol. The number of carbonyl (C=O) groups is 1. The number of hydrogen-bond acceptors (Lipinski definition) is 1. The van der Waals surface area contributed by atoms with E-state index in [-0.39, 0.29) is 12.0 Å². The van der Waals surface area contributed by atoms with Gasteiger partial charge in [-0.2, -0.15) is 13.2 Å². The van der Waals surface area contributed by atoms with Crippen LogP contribution in [0.4, 0.5) is 13.2 Å². The van der Waals surface area contributed by atoms with E-state index in [4.69, 9.17) is 5.11 Å². The predicted molar refractivity (Wildman–Crippen MR) is 60.4 cm³/mol. The first kappa shape index (κ1) is 13.8. The van der Waals surface area contributed by atoms with Crippen LogP contribution in [0.3, 0.4) is 0 Å². The van der Waals surface area contributed by atoms with Gasteiger partial charge in [0.15, 0.2) is 0 Å². The fraction of sp³-hybridized carbons (Fsp3) is 0.182. The fourth-order valence-electron chi connectivity index (χ4n) is 1.21. The maximum Gasteiger partial charge on any atom is 0.417 e. The Labute approximate surface area is 104 Å². The lowest BCUT2D eigenvalue weighted by molar-refractivity contribution is -0.138. The average molecular weight is 309 g/mol. The van der Waals surface area contributed by atoms with Crippen LogP contribution < -0.4 is 0 Å². The van der Waals surface area contributed by atoms with Gasteiger partial charge >= 0.3 is 12.1 Å². The standard InChI is InChI=1S/C11H8BrF3O2/c12-8-5-4-7(2-1-3-10(16)17)9(6-8)11(13,14)15/h1-2,4-6H,3H2,(H,16,17). The number of rotatable bonds is 3. The molecule has 0 atom stereocenters. The first-order chi connectivity index (χ1) is 7.80. The summed E-state index contributed by atoms with van der Waals surface area (Å²) < 4.78 is 38.2. The molecule has 2 nitrogen and oxygen atoms in total. The monoisotopic (exact) mass is 308 g/mol. The van der Waals surface area contributed by atoms with Crippen LogP contribution in [0.15, 0.2) is 28.7 Å². The molecule has 0 radical (unpaired) electrons. The van der Waals surface area contributed by atoms with Crippen LogP contribution in [0.25, 0.3) is 6.08 Å². The van der Waals surface area contributed by atoms with Gasteiger partial charge in [-0.3, -0.25) is 4.79 Å². The summed E-state index contributed by atoms with van der Waals surface area (Å²) in [4.78, 5) is 10.2. The largest absolute Gasteiger partial charge is 0.481 e. The number of halogens is 4. The summed E-state index contributed by atoms with van der Waals surface area (Å²) in [5.74, 6) is -1.09. The molecule has 0 saturated carbocycles. The lowest BCUT2D eigenvalue weighted by Crippen LogP contribution is -2.07. The van der Waals surface area contributed by atoms with Crippen LogP contribution in [0, 0.1) is 0 Å². The number of benzene rings is 1. The van der Waals surface area contributed by atoms with E-state index in [2.05, 4.69) is 15.9 Å². The van der Waals surface area contributed by atoms with Crippen molar-refractivity contribution in [3.05, 3.63) is 39.9 Å². The molecule has 0 spiro atoms. The summed E-state index contributed by atoms with van der Waals surface area (Å²) in [6.07, 6.45) is -2.44. The molecular formula is C11H8BrF3O2. The minimum atomic E-state index is -4.47. The zero-order valence-electron chi connectivity index (χ0n) is 8.46. The van der Waals surface area contributed by atoms with Gasteiger partial charge in [0.05, 0.1) is 12.0 Å². The third kappa shape index (κ3) is 4.22. The van der Waals surface area contributed by atoms with E-state index >= 15 is 0 Å². The van der Waals surface area contributed by atoms with Gasteiger partial charge in [0.2, 0.25) is 0 Å². The molecule has 0 saturated heterocycles. The molecule has 1 rings (SSSR count). The summed E-state index contributed by atoms with van der Waals surface area (Å²) in [5, 5.41) is 8.38. The second kappa shape index (κ2) is 5.35. The number of carboxylic acids is 1. The molecule has 6 heteroatoms. The molecule has 0 heterocycles. The van der Waals surface area contributed by atoms with Gasteiger partial charge < -0.3 is 5.11 Å². The Morgan fingerprint density at radius 3 is 2.59 bits per heavy atom. The van der Waals surface area contributed by atoms with Gasteiger partial charge in [-0.25, -0.2) is 0 Å². The lowest BCUT2D eigenvalue weighted by Gasteiger charge is -2.10. The van der Waals surface area contributed by atoms with Gasteiger partial charge in [-0.1, -0.05) is 34.1 Å². The Balaban J connectivity index is 3.07. The highest BCUT2D eigenvalue weighted by molar-refractivity contribution is 9.10. The second-order valence-electron chi connectivity index (χ2n) is 3.23. The van der Waals surface area contributed by atoms with Crippen molar-refractivity contribution in [3.63, 3.8) is 0 Å². The van der Waals surface area contributed by atoms with E-state index in [9.17, 15) is 18.0 Å². The summed E-state index contributed by atoms with van der Waals surface area (Å²) in [7, 11) is 0. The molecule has 0 fully saturated rings. The van der Waals surface area contributed by atoms with Crippen molar-refractivity contribution in [2.24, 2.45) is 0 Å². The average Bonchev–Trinajstić information content (AvgIpc) is 2.18. The highest BCUT2D eigenvalue weighted by atomic mass is 79.9. The Bertz CT molecular complexity index is 453. The van der Waals surface area contributed by atoms with Crippen LogP contribution in [-0.4, -0.2) is 11.1 Å². The molecule has 0 aromatic heterocycles. The van der Waals surface area contributed by atoms with Crippen molar-refractivity contribution in [2.45, 2.75) is 12.6 Å². The topological polar surface area (TPSA) is 37.3 Å². The zero-order chi connectivity index (χ0) is 13.1. The minimum absolute atomic E-state index is 0.0537. The molecule has 17 heavy (non-hydrogen) atoms. The lowest BCUT2D eigenvalue weighted by atomic mass is 10.1. The highest BCUT2D eigenvalue weighted by Crippen LogP contribution is 2.34. The van der Waals surface area contributed by atoms with Crippen molar-refractivity contribution in [1.29, 1.82) is 0 Å². The van der Waals surface area contributed by atoms with Gasteiger partial charge in [0.1, 0.15) is 0 Å². The zero-order valence-corrected chi connectivity index (χ0v) is 10.0. The number of carboxylic acid groups (broad SMARTS) is 1. The quantitative estimate of drug-likeness (QED) is 0.918. The summed E-state index contributed by atoms with van der Waals surface area (Å²) in [6.45, 7) is 0. The molecule has 0 unspecified atom stereocenters. The van der Waals surface area contributed by atoms with E-state index < -0.39 is 17.7 Å². The summed E-state index contributed by atoms with van der Waals surface area (Å²) >= 11 is 2.96. The summed E-state index contributed by atoms with van der Waals surface area (Å²) in [5.41, 5.74) is -0.851. The van der Waals surface area contributed by atoms with E-state index in [1.165, 1.54) is 18.2 Å². The maximum absolute atomic E-state index is 12.6. The highest BCUT2D eigenvalue weighted by Gasteiger charge is 2.32. The van der Waals surface area contributed by atoms with E-state index in [0.29, 0.717) is 4.47 Å². The normalized spacial score (nSPS) is 12.0. The van der Waals surface area contributed by atoms with Gasteiger partial charge in [0.25, 0.3) is 0 Å². The Morgan fingerprint density at radius 1 is 1.41 bits per heavy atom. The SMILES string of the molecule is O=C(O)CC=Cc1ccc(Br)cc1C(F)(F)F. The first-order valence-electron chi connectivity index (χ1n) is 4.56. The van der Waals surface area contributed by atoms with E-state index in [0.717, 1.165) is 12.1 Å². The molecule has 1 aromatic rings. The predicted octanol–water partition coefficient (Wildman–Crippen LogP) is 3.96. The van der Waals surface area contributed by atoms with Crippen LogP contribution in [0.5, 0.6) is 0 Å². The van der Waals surface area contributed by atoms with Crippen molar-refractivity contribution in [3.8, 4) is 0 Å². The van der Waals surface area contributed by atoms with E-state index in [1.807, 2.05) is 0 Å². The van der Waals surface area contributed by atoms with Crippen LogP contribution in [0.1, 0.15) is 17.5 Å². The third-order valence-corrected chi connectivity index (χ3v) is 2.40. The third-order valence-electron chi connectivity index (χ3n) is 1.91. The molecule has 0 aliphatic carbocycles. The van der Waals surface area contributed by atoms with Crippen LogP contribution >= 0.6 is 15.9 Å². The van der Waals surface area contributed by atoms with E-state index in [1.54, 1.807) is 0 Å². The number of hydrogen-bond donors (Lipinski definition) is 1.